The number of aryl methyl sites for hydroxylation is 2. The molecule has 150 valence electrons. The van der Waals surface area contributed by atoms with Gasteiger partial charge in [-0.3, -0.25) is 14.2 Å². The molecule has 0 saturated heterocycles. The summed E-state index contributed by atoms with van der Waals surface area (Å²) < 4.78 is 1.55. The number of nitrogens with zero attached hydrogens (tertiary/aromatic N) is 3. The van der Waals surface area contributed by atoms with Gasteiger partial charge in [-0.1, -0.05) is 31.7 Å². The van der Waals surface area contributed by atoms with Crippen molar-refractivity contribution < 1.29 is 4.79 Å². The van der Waals surface area contributed by atoms with Gasteiger partial charge in [-0.2, -0.15) is 5.26 Å². The molecule has 2 aromatic heterocycles. The number of thiophene rings is 1. The number of thioether (sulfide) groups is 1. The molecule has 0 radical (unpaired) electrons. The van der Waals surface area contributed by atoms with Crippen LogP contribution in [0.2, 0.25) is 0 Å². The van der Waals surface area contributed by atoms with E-state index in [1.54, 1.807) is 24.5 Å². The average molecular weight is 419 g/mol. The monoisotopic (exact) mass is 418 g/mol. The van der Waals surface area contributed by atoms with E-state index in [2.05, 4.69) is 22.9 Å². The second kappa shape index (κ2) is 8.50. The van der Waals surface area contributed by atoms with E-state index >= 15 is 0 Å². The molecule has 2 aromatic rings. The van der Waals surface area contributed by atoms with Gasteiger partial charge in [0.25, 0.3) is 5.56 Å². The Balaban J connectivity index is 2.41. The fourth-order valence-electron chi connectivity index (χ4n) is 2.56. The minimum absolute atomic E-state index is 0.0378. The van der Waals surface area contributed by atoms with E-state index in [0.29, 0.717) is 21.9 Å². The van der Waals surface area contributed by atoms with Crippen molar-refractivity contribution in [2.75, 3.05) is 0 Å². The fraction of sp³-hybridized carbons (Fsp3) is 0.500. The number of carbonyl (C=O) groups is 1. The quantitative estimate of drug-likeness (QED) is 0.420. The van der Waals surface area contributed by atoms with E-state index < -0.39 is 10.8 Å². The maximum absolute atomic E-state index is 13.0. The summed E-state index contributed by atoms with van der Waals surface area (Å²) in [7, 11) is 0. The predicted molar refractivity (Wildman–Crippen MR) is 116 cm³/mol. The van der Waals surface area contributed by atoms with E-state index in [9.17, 15) is 14.9 Å². The SMILES string of the molecule is C=CCn1c(S[C@H](C)C(=O)N[C@](C)(C#N)C(C)C)nc2sc(C)c(C)c2c1=O. The van der Waals surface area contributed by atoms with E-state index in [1.165, 1.54) is 23.1 Å². The molecule has 6 nitrogen and oxygen atoms in total. The molecular formula is C20H26N4O2S2. The molecule has 0 aliphatic heterocycles. The lowest BCUT2D eigenvalue weighted by Gasteiger charge is -2.28. The van der Waals surface area contributed by atoms with Gasteiger partial charge in [0.15, 0.2) is 5.16 Å². The topological polar surface area (TPSA) is 87.8 Å². The normalized spacial score (nSPS) is 14.5. The predicted octanol–water partition coefficient (Wildman–Crippen LogP) is 3.80. The lowest BCUT2D eigenvalue weighted by atomic mass is 9.90. The minimum Gasteiger partial charge on any atom is -0.337 e. The summed E-state index contributed by atoms with van der Waals surface area (Å²) in [5, 5.41) is 12.8. The Kier molecular flexibility index (Phi) is 6.73. The summed E-state index contributed by atoms with van der Waals surface area (Å²) in [6, 6.07) is 2.18. The van der Waals surface area contributed by atoms with Crippen molar-refractivity contribution in [2.45, 2.75) is 64.0 Å². The Hall–Kier alpha value is -2.11. The summed E-state index contributed by atoms with van der Waals surface area (Å²) in [5.74, 6) is -0.301. The van der Waals surface area contributed by atoms with Gasteiger partial charge >= 0.3 is 0 Å². The van der Waals surface area contributed by atoms with Crippen molar-refractivity contribution in [1.29, 1.82) is 5.26 Å². The van der Waals surface area contributed by atoms with Crippen LogP contribution in [0.1, 0.15) is 38.1 Å². The molecule has 8 heteroatoms. The number of hydrogen-bond donors (Lipinski definition) is 1. The zero-order valence-corrected chi connectivity index (χ0v) is 18.8. The molecule has 28 heavy (non-hydrogen) atoms. The molecule has 0 aromatic carbocycles. The molecule has 0 bridgehead atoms. The van der Waals surface area contributed by atoms with Crippen LogP contribution in [0.5, 0.6) is 0 Å². The van der Waals surface area contributed by atoms with Crippen LogP contribution in [-0.4, -0.2) is 26.2 Å². The van der Waals surface area contributed by atoms with Crippen molar-refractivity contribution in [3.8, 4) is 6.07 Å². The summed E-state index contributed by atoms with van der Waals surface area (Å²) >= 11 is 2.69. The van der Waals surface area contributed by atoms with Gasteiger partial charge in [0.1, 0.15) is 10.4 Å². The van der Waals surface area contributed by atoms with Gasteiger partial charge < -0.3 is 5.32 Å². The van der Waals surface area contributed by atoms with Crippen molar-refractivity contribution in [3.05, 3.63) is 33.4 Å². The number of amides is 1. The number of rotatable bonds is 7. The van der Waals surface area contributed by atoms with Crippen molar-refractivity contribution in [1.82, 2.24) is 14.9 Å². The Bertz CT molecular complexity index is 1020. The van der Waals surface area contributed by atoms with Crippen LogP contribution in [0, 0.1) is 31.1 Å². The van der Waals surface area contributed by atoms with Crippen molar-refractivity contribution in [2.24, 2.45) is 5.92 Å². The molecule has 0 unspecified atom stereocenters. The molecule has 0 saturated carbocycles. The second-order valence-corrected chi connectivity index (χ2v) is 9.79. The van der Waals surface area contributed by atoms with Crippen LogP contribution in [0.15, 0.2) is 22.6 Å². The third-order valence-electron chi connectivity index (χ3n) is 4.99. The average Bonchev–Trinajstić information content (AvgIpc) is 2.91. The van der Waals surface area contributed by atoms with Crippen LogP contribution in [0.25, 0.3) is 10.2 Å². The van der Waals surface area contributed by atoms with Gasteiger partial charge in [0, 0.05) is 11.4 Å². The third-order valence-corrected chi connectivity index (χ3v) is 7.18. The van der Waals surface area contributed by atoms with E-state index in [0.717, 1.165) is 10.4 Å². The number of nitrogens with one attached hydrogen (secondary N) is 1. The third kappa shape index (κ3) is 4.15. The van der Waals surface area contributed by atoms with Crippen LogP contribution < -0.4 is 10.9 Å². The number of allylic oxidation sites excluding steroid dienone is 1. The highest BCUT2D eigenvalue weighted by Crippen LogP contribution is 2.30. The number of nitriles is 1. The molecular weight excluding hydrogens is 392 g/mol. The number of carbonyl (C=O) groups excluding carboxylic acids is 1. The Labute approximate surface area is 173 Å². The van der Waals surface area contributed by atoms with E-state index in [-0.39, 0.29) is 17.4 Å². The Morgan fingerprint density at radius 2 is 2.11 bits per heavy atom. The first-order valence-corrected chi connectivity index (χ1v) is 10.8. The summed E-state index contributed by atoms with van der Waals surface area (Å²) in [6.07, 6.45) is 1.64. The molecule has 1 N–H and O–H groups in total. The first kappa shape index (κ1) is 22.2. The zero-order chi connectivity index (χ0) is 21.2. The highest BCUT2D eigenvalue weighted by molar-refractivity contribution is 8.00. The number of hydrogen-bond acceptors (Lipinski definition) is 6. The fourth-order valence-corrected chi connectivity index (χ4v) is 4.55. The Morgan fingerprint density at radius 1 is 1.46 bits per heavy atom. The van der Waals surface area contributed by atoms with Gasteiger partial charge in [0.05, 0.1) is 16.7 Å². The molecule has 0 spiro atoms. The van der Waals surface area contributed by atoms with E-state index in [4.69, 9.17) is 0 Å². The second-order valence-electron chi connectivity index (χ2n) is 7.28. The highest BCUT2D eigenvalue weighted by Gasteiger charge is 2.32. The summed E-state index contributed by atoms with van der Waals surface area (Å²) in [4.78, 5) is 32.1. The first-order chi connectivity index (χ1) is 13.1. The molecule has 0 aliphatic rings. The number of aromatic nitrogens is 2. The molecule has 0 aliphatic carbocycles. The van der Waals surface area contributed by atoms with Gasteiger partial charge in [-0.15, -0.1) is 17.9 Å². The largest absolute Gasteiger partial charge is 0.337 e. The van der Waals surface area contributed by atoms with Crippen LogP contribution in [0.3, 0.4) is 0 Å². The standard InChI is InChI=1S/C20H26N4O2S2/c1-8-9-24-18(26)15-12(4)13(5)27-17(15)22-19(24)28-14(6)16(25)23-20(7,10-21)11(2)3/h8,11,14H,1,9H2,2-7H3,(H,23,25)/t14-,20-/m1/s1. The van der Waals surface area contributed by atoms with Gasteiger partial charge in [0.2, 0.25) is 5.91 Å². The minimum atomic E-state index is -0.952. The maximum Gasteiger partial charge on any atom is 0.263 e. The summed E-state index contributed by atoms with van der Waals surface area (Å²) in [5.41, 5.74) is -0.128. The van der Waals surface area contributed by atoms with E-state index in [1.807, 2.05) is 27.7 Å². The van der Waals surface area contributed by atoms with Crippen LogP contribution >= 0.6 is 23.1 Å². The molecule has 2 rings (SSSR count). The molecule has 2 atom stereocenters. The summed E-state index contributed by atoms with van der Waals surface area (Å²) in [6.45, 7) is 15.2. The zero-order valence-electron chi connectivity index (χ0n) is 17.1. The smallest absolute Gasteiger partial charge is 0.263 e. The Morgan fingerprint density at radius 3 is 2.64 bits per heavy atom. The highest BCUT2D eigenvalue weighted by atomic mass is 32.2. The van der Waals surface area contributed by atoms with Crippen molar-refractivity contribution in [3.63, 3.8) is 0 Å². The molecule has 2 heterocycles. The molecule has 0 fully saturated rings. The number of fused-ring (bicyclic) bond motifs is 1. The maximum atomic E-state index is 13.0. The lowest BCUT2D eigenvalue weighted by molar-refractivity contribution is -0.121. The first-order valence-electron chi connectivity index (χ1n) is 9.07. The van der Waals surface area contributed by atoms with Crippen LogP contribution in [-0.2, 0) is 11.3 Å². The molecule has 1 amide bonds. The van der Waals surface area contributed by atoms with Crippen LogP contribution in [0.4, 0.5) is 0 Å². The van der Waals surface area contributed by atoms with Crippen molar-refractivity contribution >= 4 is 39.2 Å². The lowest BCUT2D eigenvalue weighted by Crippen LogP contribution is -2.51. The van der Waals surface area contributed by atoms with Gasteiger partial charge in [-0.05, 0) is 39.2 Å². The van der Waals surface area contributed by atoms with Gasteiger partial charge in [-0.25, -0.2) is 4.98 Å².